The third kappa shape index (κ3) is 2.57. The lowest BCUT2D eigenvalue weighted by Crippen LogP contribution is -2.47. The predicted molar refractivity (Wildman–Crippen MR) is 60.9 cm³/mol. The van der Waals surface area contributed by atoms with Crippen LogP contribution in [0.2, 0.25) is 0 Å². The summed E-state index contributed by atoms with van der Waals surface area (Å²) in [6.45, 7) is 0.800. The number of methoxy groups -OCH3 is 1. The molecule has 2 rings (SSSR count). The summed E-state index contributed by atoms with van der Waals surface area (Å²) in [5, 5.41) is 0. The molecule has 18 heavy (non-hydrogen) atoms. The molecule has 2 aliphatic rings. The third-order valence-electron chi connectivity index (χ3n) is 4.16. The number of ether oxygens (including phenoxy) is 2. The van der Waals surface area contributed by atoms with Gasteiger partial charge in [-0.2, -0.15) is 13.2 Å². The van der Waals surface area contributed by atoms with E-state index in [4.69, 9.17) is 4.74 Å². The molecule has 0 radical (unpaired) electrons. The zero-order valence-electron chi connectivity index (χ0n) is 10.7. The molecular weight excluding hydrogens is 245 g/mol. The molecule has 2 nitrogen and oxygen atoms in total. The van der Waals surface area contributed by atoms with Crippen molar-refractivity contribution in [2.75, 3.05) is 13.9 Å². The summed E-state index contributed by atoms with van der Waals surface area (Å²) in [6, 6.07) is 0. The van der Waals surface area contributed by atoms with Gasteiger partial charge in [0.25, 0.3) is 0 Å². The van der Waals surface area contributed by atoms with Crippen LogP contribution in [0.3, 0.4) is 0 Å². The number of rotatable bonds is 5. The zero-order chi connectivity index (χ0) is 13.4. The molecule has 104 valence electrons. The zero-order valence-corrected chi connectivity index (χ0v) is 10.7. The number of fused-ring (bicyclic) bond motifs is 2. The first-order valence-corrected chi connectivity index (χ1v) is 6.23. The van der Waals surface area contributed by atoms with Crippen molar-refractivity contribution in [2.24, 2.45) is 17.8 Å². The Morgan fingerprint density at radius 1 is 1.22 bits per heavy atom. The van der Waals surface area contributed by atoms with Gasteiger partial charge in [-0.05, 0) is 43.9 Å². The van der Waals surface area contributed by atoms with Gasteiger partial charge in [-0.1, -0.05) is 12.2 Å². The number of alkyl halides is 3. The largest absolute Gasteiger partial charge is 0.417 e. The molecule has 0 N–H and O–H groups in total. The molecule has 2 bridgehead atoms. The number of halogens is 3. The first kappa shape index (κ1) is 13.9. The lowest BCUT2D eigenvalue weighted by Gasteiger charge is -2.35. The van der Waals surface area contributed by atoms with Crippen LogP contribution in [0.25, 0.3) is 0 Å². The lowest BCUT2D eigenvalue weighted by atomic mass is 9.83. The summed E-state index contributed by atoms with van der Waals surface area (Å²) in [4.78, 5) is 0. The fourth-order valence-corrected chi connectivity index (χ4v) is 3.08. The average molecular weight is 264 g/mol. The van der Waals surface area contributed by atoms with E-state index in [1.165, 1.54) is 7.11 Å². The molecule has 0 aromatic carbocycles. The first-order valence-electron chi connectivity index (χ1n) is 6.23. The Morgan fingerprint density at radius 2 is 1.94 bits per heavy atom. The molecule has 0 spiro atoms. The molecule has 4 unspecified atom stereocenters. The maximum atomic E-state index is 13.1. The fourth-order valence-electron chi connectivity index (χ4n) is 3.08. The number of allylic oxidation sites excluding steroid dienone is 2. The fraction of sp³-hybridized carbons (Fsp3) is 0.846. The van der Waals surface area contributed by atoms with Gasteiger partial charge < -0.3 is 9.47 Å². The second-order valence-electron chi connectivity index (χ2n) is 5.52. The molecule has 0 aromatic heterocycles. The Hall–Kier alpha value is -0.550. The molecule has 1 fully saturated rings. The monoisotopic (exact) mass is 264 g/mol. The van der Waals surface area contributed by atoms with E-state index in [0.29, 0.717) is 11.8 Å². The Kier molecular flexibility index (Phi) is 3.74. The third-order valence-corrected chi connectivity index (χ3v) is 4.16. The molecule has 5 heteroatoms. The van der Waals surface area contributed by atoms with Gasteiger partial charge in [0.2, 0.25) is 0 Å². The van der Waals surface area contributed by atoms with Crippen molar-refractivity contribution in [1.29, 1.82) is 0 Å². The maximum Gasteiger partial charge on any atom is 0.417 e. The van der Waals surface area contributed by atoms with E-state index in [2.05, 4.69) is 16.9 Å². The molecule has 0 aromatic rings. The highest BCUT2D eigenvalue weighted by Gasteiger charge is 2.55. The molecule has 0 aliphatic heterocycles. The highest BCUT2D eigenvalue weighted by Crippen LogP contribution is 2.49. The van der Waals surface area contributed by atoms with Crippen LogP contribution < -0.4 is 0 Å². The normalized spacial score (nSPS) is 33.9. The molecule has 1 saturated carbocycles. The Bertz CT molecular complexity index is 327. The highest BCUT2D eigenvalue weighted by molar-refractivity contribution is 5.11. The molecule has 2 aliphatic carbocycles. The van der Waals surface area contributed by atoms with Crippen molar-refractivity contribution in [1.82, 2.24) is 0 Å². The molecule has 0 amide bonds. The van der Waals surface area contributed by atoms with Crippen LogP contribution >= 0.6 is 0 Å². The Balaban J connectivity index is 2.03. The van der Waals surface area contributed by atoms with Crippen LogP contribution in [0.15, 0.2) is 12.2 Å². The smallest absolute Gasteiger partial charge is 0.359 e. The van der Waals surface area contributed by atoms with Gasteiger partial charge in [0, 0.05) is 7.11 Å². The van der Waals surface area contributed by atoms with E-state index in [1.54, 1.807) is 0 Å². The topological polar surface area (TPSA) is 18.5 Å². The van der Waals surface area contributed by atoms with Gasteiger partial charge in [0.15, 0.2) is 5.60 Å². The lowest BCUT2D eigenvalue weighted by molar-refractivity contribution is -0.295. The quantitative estimate of drug-likeness (QED) is 0.558. The highest BCUT2D eigenvalue weighted by atomic mass is 19.4. The number of hydrogen-bond donors (Lipinski definition) is 0. The van der Waals surface area contributed by atoms with Crippen molar-refractivity contribution in [3.8, 4) is 0 Å². The summed E-state index contributed by atoms with van der Waals surface area (Å²) in [5.74, 6) is 0.839. The minimum absolute atomic E-state index is 0.0192. The summed E-state index contributed by atoms with van der Waals surface area (Å²) in [5.41, 5.74) is -2.11. The van der Waals surface area contributed by atoms with Crippen LogP contribution in [0.5, 0.6) is 0 Å². The SMILES string of the molecule is COCOC(C)(CC1CC2C=CC1C2)C(F)(F)F. The van der Waals surface area contributed by atoms with Gasteiger partial charge in [0.1, 0.15) is 6.79 Å². The van der Waals surface area contributed by atoms with Gasteiger partial charge in [-0.3, -0.25) is 0 Å². The van der Waals surface area contributed by atoms with Gasteiger partial charge in [-0.15, -0.1) is 0 Å². The van der Waals surface area contributed by atoms with Crippen molar-refractivity contribution in [3.05, 3.63) is 12.2 Å². The minimum Gasteiger partial charge on any atom is -0.359 e. The predicted octanol–water partition coefficient (Wildman–Crippen LogP) is 3.53. The molecule has 0 saturated heterocycles. The molecule has 0 heterocycles. The van der Waals surface area contributed by atoms with Gasteiger partial charge in [0.05, 0.1) is 0 Å². The van der Waals surface area contributed by atoms with E-state index in [0.717, 1.165) is 19.8 Å². The van der Waals surface area contributed by atoms with Crippen LogP contribution in [-0.2, 0) is 9.47 Å². The number of hydrogen-bond acceptors (Lipinski definition) is 2. The van der Waals surface area contributed by atoms with E-state index < -0.39 is 11.8 Å². The van der Waals surface area contributed by atoms with Gasteiger partial charge in [-0.25, -0.2) is 0 Å². The van der Waals surface area contributed by atoms with E-state index in [-0.39, 0.29) is 19.1 Å². The summed E-state index contributed by atoms with van der Waals surface area (Å²) in [6.07, 6.45) is 1.70. The summed E-state index contributed by atoms with van der Waals surface area (Å²) >= 11 is 0. The van der Waals surface area contributed by atoms with Gasteiger partial charge >= 0.3 is 6.18 Å². The van der Waals surface area contributed by atoms with Crippen LogP contribution in [0.4, 0.5) is 13.2 Å². The van der Waals surface area contributed by atoms with E-state index in [1.807, 2.05) is 0 Å². The standard InChI is InChI=1S/C13H19F3O2/c1-12(13(14,15)16,18-8-17-2)7-11-6-9-3-4-10(11)5-9/h3-4,9-11H,5-8H2,1-2H3. The molecular formula is C13H19F3O2. The minimum atomic E-state index is -4.36. The van der Waals surface area contributed by atoms with Crippen molar-refractivity contribution >= 4 is 0 Å². The molecule has 4 atom stereocenters. The van der Waals surface area contributed by atoms with Crippen LogP contribution in [0.1, 0.15) is 26.2 Å². The summed E-state index contributed by atoms with van der Waals surface area (Å²) < 4.78 is 48.9. The van der Waals surface area contributed by atoms with Crippen molar-refractivity contribution < 1.29 is 22.6 Å². The van der Waals surface area contributed by atoms with Crippen LogP contribution in [-0.4, -0.2) is 25.7 Å². The Labute approximate surface area is 105 Å². The van der Waals surface area contributed by atoms with Crippen molar-refractivity contribution in [3.63, 3.8) is 0 Å². The van der Waals surface area contributed by atoms with Crippen molar-refractivity contribution in [2.45, 2.75) is 38.0 Å². The second-order valence-corrected chi connectivity index (χ2v) is 5.52. The summed E-state index contributed by atoms with van der Waals surface area (Å²) in [7, 11) is 1.33. The second kappa shape index (κ2) is 4.85. The Morgan fingerprint density at radius 3 is 2.39 bits per heavy atom. The van der Waals surface area contributed by atoms with E-state index in [9.17, 15) is 13.2 Å². The maximum absolute atomic E-state index is 13.1. The van der Waals surface area contributed by atoms with Crippen LogP contribution in [0, 0.1) is 17.8 Å². The first-order chi connectivity index (χ1) is 8.36. The van der Waals surface area contributed by atoms with E-state index >= 15 is 0 Å². The average Bonchev–Trinajstić information content (AvgIpc) is 2.86.